The zero-order valence-electron chi connectivity index (χ0n) is 12.9. The van der Waals surface area contributed by atoms with E-state index in [2.05, 4.69) is 21.2 Å². The molecule has 0 aliphatic heterocycles. The molecule has 0 bridgehead atoms. The van der Waals surface area contributed by atoms with Crippen LogP contribution in [0.1, 0.15) is 12.5 Å². The second-order valence-electron chi connectivity index (χ2n) is 5.28. The molecule has 24 heavy (non-hydrogen) atoms. The van der Waals surface area contributed by atoms with Crippen molar-refractivity contribution in [2.75, 3.05) is 0 Å². The molecule has 0 spiro atoms. The number of halogens is 1. The second kappa shape index (κ2) is 6.41. The Morgan fingerprint density at radius 3 is 2.38 bits per heavy atom. The maximum Gasteiger partial charge on any atom is 0.269 e. The number of fused-ring (bicyclic) bond motifs is 1. The largest absolute Gasteiger partial charge is 0.352 e. The van der Waals surface area contributed by atoms with Crippen molar-refractivity contribution in [1.82, 2.24) is 9.29 Å². The van der Waals surface area contributed by atoms with Crippen LogP contribution < -0.4 is 5.32 Å². The van der Waals surface area contributed by atoms with Gasteiger partial charge in [0.05, 0.1) is 10.4 Å². The summed E-state index contributed by atoms with van der Waals surface area (Å²) in [5, 5.41) is 3.50. The molecular weight excluding hydrogens is 392 g/mol. The molecule has 0 saturated carbocycles. The van der Waals surface area contributed by atoms with Gasteiger partial charge in [0.2, 0.25) is 5.91 Å². The van der Waals surface area contributed by atoms with Crippen LogP contribution in [0, 0.1) is 0 Å². The number of benzene rings is 2. The summed E-state index contributed by atoms with van der Waals surface area (Å²) in [5.41, 5.74) is 1.29. The van der Waals surface area contributed by atoms with Gasteiger partial charge in [-0.15, -0.1) is 0 Å². The highest BCUT2D eigenvalue weighted by atomic mass is 79.9. The lowest BCUT2D eigenvalue weighted by molar-refractivity contribution is -0.119. The highest BCUT2D eigenvalue weighted by molar-refractivity contribution is 9.10. The Morgan fingerprint density at radius 2 is 1.71 bits per heavy atom. The third-order valence-electron chi connectivity index (χ3n) is 3.67. The topological polar surface area (TPSA) is 68.2 Å². The molecule has 1 aromatic heterocycles. The summed E-state index contributed by atoms with van der Waals surface area (Å²) >= 11 is 3.41. The lowest BCUT2D eigenvalue weighted by atomic mass is 10.2. The Morgan fingerprint density at radius 1 is 1.08 bits per heavy atom. The number of aromatic nitrogens is 1. The minimum absolute atomic E-state index is 0.176. The van der Waals surface area contributed by atoms with Crippen LogP contribution in [0.4, 0.5) is 0 Å². The van der Waals surface area contributed by atoms with Crippen LogP contribution >= 0.6 is 15.9 Å². The van der Waals surface area contributed by atoms with E-state index >= 15 is 0 Å². The summed E-state index contributed by atoms with van der Waals surface area (Å²) in [4.78, 5) is 11.4. The van der Waals surface area contributed by atoms with Crippen LogP contribution in [0.25, 0.3) is 10.9 Å². The maximum atomic E-state index is 13.1. The van der Waals surface area contributed by atoms with Crippen molar-refractivity contribution in [3.05, 3.63) is 64.8 Å². The molecule has 3 rings (SSSR count). The van der Waals surface area contributed by atoms with Crippen molar-refractivity contribution >= 4 is 42.8 Å². The second-order valence-corrected chi connectivity index (χ2v) is 7.82. The first-order valence-electron chi connectivity index (χ1n) is 7.26. The van der Waals surface area contributed by atoms with Crippen LogP contribution in [-0.4, -0.2) is 18.3 Å². The maximum absolute atomic E-state index is 13.1. The van der Waals surface area contributed by atoms with Gasteiger partial charge < -0.3 is 5.32 Å². The SMILES string of the molecule is CC(=O)NCc1c(Br)n(S(=O)(=O)c2ccccc2)c2ccccc12. The molecule has 1 N–H and O–H groups in total. The van der Waals surface area contributed by atoms with Gasteiger partial charge in [0.15, 0.2) is 0 Å². The van der Waals surface area contributed by atoms with Crippen molar-refractivity contribution in [1.29, 1.82) is 0 Å². The summed E-state index contributed by atoms with van der Waals surface area (Å²) in [7, 11) is -3.76. The van der Waals surface area contributed by atoms with E-state index in [4.69, 9.17) is 0 Å². The summed E-state index contributed by atoms with van der Waals surface area (Å²) in [6.07, 6.45) is 0. The zero-order chi connectivity index (χ0) is 17.3. The molecule has 124 valence electrons. The van der Waals surface area contributed by atoms with Gasteiger partial charge in [-0.3, -0.25) is 4.79 Å². The van der Waals surface area contributed by atoms with E-state index < -0.39 is 10.0 Å². The molecule has 0 radical (unpaired) electrons. The Labute approximate surface area is 148 Å². The monoisotopic (exact) mass is 406 g/mol. The number of carbonyl (C=O) groups is 1. The molecule has 0 aliphatic carbocycles. The molecule has 0 aliphatic rings. The molecule has 1 amide bonds. The standard InChI is InChI=1S/C17H15BrN2O3S/c1-12(21)19-11-15-14-9-5-6-10-16(14)20(17(15)18)24(22,23)13-7-3-2-4-8-13/h2-10H,11H2,1H3,(H,19,21). The summed E-state index contributed by atoms with van der Waals surface area (Å²) in [6, 6.07) is 15.5. The Hall–Kier alpha value is -2.12. The predicted molar refractivity (Wildman–Crippen MR) is 96.2 cm³/mol. The summed E-state index contributed by atoms with van der Waals surface area (Å²) < 4.78 is 27.8. The van der Waals surface area contributed by atoms with Gasteiger partial charge in [-0.1, -0.05) is 36.4 Å². The third-order valence-corrected chi connectivity index (χ3v) is 6.47. The van der Waals surface area contributed by atoms with E-state index in [-0.39, 0.29) is 17.3 Å². The molecule has 1 heterocycles. The van der Waals surface area contributed by atoms with Crippen LogP contribution in [0.3, 0.4) is 0 Å². The van der Waals surface area contributed by atoms with E-state index in [9.17, 15) is 13.2 Å². The average Bonchev–Trinajstić information content (AvgIpc) is 2.85. The number of rotatable bonds is 4. The minimum atomic E-state index is -3.76. The van der Waals surface area contributed by atoms with Crippen molar-refractivity contribution < 1.29 is 13.2 Å². The van der Waals surface area contributed by atoms with E-state index in [1.807, 2.05) is 12.1 Å². The molecule has 3 aromatic rings. The number of amides is 1. The van der Waals surface area contributed by atoms with Crippen LogP contribution in [0.2, 0.25) is 0 Å². The molecule has 0 fully saturated rings. The Bertz CT molecular complexity index is 1010. The van der Waals surface area contributed by atoms with E-state index in [1.165, 1.54) is 10.9 Å². The van der Waals surface area contributed by atoms with Gasteiger partial charge in [-0.2, -0.15) is 0 Å². The summed E-state index contributed by atoms with van der Waals surface area (Å²) in [5.74, 6) is -0.176. The molecular formula is C17H15BrN2O3S. The number of hydrogen-bond acceptors (Lipinski definition) is 3. The van der Waals surface area contributed by atoms with Gasteiger partial charge in [-0.25, -0.2) is 12.4 Å². The first-order chi connectivity index (χ1) is 11.4. The van der Waals surface area contributed by atoms with Crippen molar-refractivity contribution in [2.45, 2.75) is 18.4 Å². The van der Waals surface area contributed by atoms with Crippen molar-refractivity contribution in [3.63, 3.8) is 0 Å². The Kier molecular flexibility index (Phi) is 4.47. The third kappa shape index (κ3) is 2.85. The van der Waals surface area contributed by atoms with Gasteiger partial charge in [0.1, 0.15) is 4.60 Å². The lowest BCUT2D eigenvalue weighted by Crippen LogP contribution is -2.19. The van der Waals surface area contributed by atoms with Crippen LogP contribution in [-0.2, 0) is 21.4 Å². The fourth-order valence-electron chi connectivity index (χ4n) is 2.56. The summed E-state index contributed by atoms with van der Waals surface area (Å²) in [6.45, 7) is 1.67. The lowest BCUT2D eigenvalue weighted by Gasteiger charge is -2.09. The molecule has 0 saturated heterocycles. The number of hydrogen-bond donors (Lipinski definition) is 1. The van der Waals surface area contributed by atoms with E-state index in [1.54, 1.807) is 42.5 Å². The van der Waals surface area contributed by atoms with Crippen molar-refractivity contribution in [3.8, 4) is 0 Å². The van der Waals surface area contributed by atoms with Gasteiger partial charge in [0, 0.05) is 24.4 Å². The number of nitrogens with one attached hydrogen (secondary N) is 1. The van der Waals surface area contributed by atoms with Gasteiger partial charge in [-0.05, 0) is 34.1 Å². The highest BCUT2D eigenvalue weighted by Crippen LogP contribution is 2.33. The number of nitrogens with zero attached hydrogens (tertiary/aromatic N) is 1. The average molecular weight is 407 g/mol. The quantitative estimate of drug-likeness (QED) is 0.722. The van der Waals surface area contributed by atoms with E-state index in [0.29, 0.717) is 10.1 Å². The fourth-order valence-corrected chi connectivity index (χ4v) is 5.13. The zero-order valence-corrected chi connectivity index (χ0v) is 15.3. The highest BCUT2D eigenvalue weighted by Gasteiger charge is 2.25. The normalized spacial score (nSPS) is 11.6. The molecule has 0 atom stereocenters. The fraction of sp³-hybridized carbons (Fsp3) is 0.118. The van der Waals surface area contributed by atoms with Gasteiger partial charge in [0.25, 0.3) is 10.0 Å². The Balaban J connectivity index is 2.26. The van der Waals surface area contributed by atoms with Crippen LogP contribution in [0.5, 0.6) is 0 Å². The molecule has 2 aromatic carbocycles. The van der Waals surface area contributed by atoms with Gasteiger partial charge >= 0.3 is 0 Å². The predicted octanol–water partition coefficient (Wildman–Crippen LogP) is 3.28. The number of para-hydroxylation sites is 1. The van der Waals surface area contributed by atoms with Crippen molar-refractivity contribution in [2.24, 2.45) is 0 Å². The number of carbonyl (C=O) groups excluding carboxylic acids is 1. The first kappa shape index (κ1) is 16.7. The van der Waals surface area contributed by atoms with Crippen LogP contribution in [0.15, 0.2) is 64.1 Å². The molecule has 0 unspecified atom stereocenters. The smallest absolute Gasteiger partial charge is 0.269 e. The minimum Gasteiger partial charge on any atom is -0.352 e. The van der Waals surface area contributed by atoms with E-state index in [0.717, 1.165) is 10.9 Å². The molecule has 5 nitrogen and oxygen atoms in total. The molecule has 7 heteroatoms. The first-order valence-corrected chi connectivity index (χ1v) is 9.49.